The number of fused-ring (bicyclic) bond motifs is 2. The molecule has 2 atom stereocenters. The number of hydrogen-bond acceptors (Lipinski definition) is 4. The zero-order valence-corrected chi connectivity index (χ0v) is 17.8. The molecule has 2 aliphatic carbocycles. The number of carbonyl (C=O) groups is 1. The van der Waals surface area contributed by atoms with Crippen LogP contribution >= 0.6 is 36.2 Å². The molecule has 2 unspecified atom stereocenters. The highest BCUT2D eigenvalue weighted by molar-refractivity contribution is 7.13. The van der Waals surface area contributed by atoms with Gasteiger partial charge in [-0.05, 0) is 56.6 Å². The molecule has 1 amide bonds. The lowest BCUT2D eigenvalue weighted by Gasteiger charge is -2.45. The van der Waals surface area contributed by atoms with Crippen LogP contribution in [0, 0.1) is 18.8 Å². The number of amides is 1. The Balaban J connectivity index is 0.00000131. The Bertz CT molecular complexity index is 768. The third-order valence-corrected chi connectivity index (χ3v) is 6.67. The van der Waals surface area contributed by atoms with Crippen LogP contribution in [0.25, 0.3) is 10.6 Å². The lowest BCUT2D eigenvalue weighted by atomic mass is 9.67. The number of aromatic nitrogens is 1. The molecule has 0 saturated heterocycles. The Labute approximate surface area is 177 Å². The van der Waals surface area contributed by atoms with Crippen LogP contribution in [0.1, 0.15) is 48.2 Å². The van der Waals surface area contributed by atoms with Crippen molar-refractivity contribution < 1.29 is 4.79 Å². The molecule has 4 rings (SSSR count). The molecule has 2 aromatic rings. The van der Waals surface area contributed by atoms with Gasteiger partial charge in [-0.15, -0.1) is 36.2 Å². The Hall–Kier alpha value is -1.14. The molecular formula is C20H27Cl2N3OS. The molecule has 1 aromatic heterocycles. The molecule has 0 spiro atoms. The molecule has 148 valence electrons. The van der Waals surface area contributed by atoms with Gasteiger partial charge in [-0.2, -0.15) is 0 Å². The number of benzene rings is 1. The van der Waals surface area contributed by atoms with Gasteiger partial charge in [-0.1, -0.05) is 18.6 Å². The van der Waals surface area contributed by atoms with E-state index in [1.54, 1.807) is 11.3 Å². The molecule has 4 nitrogen and oxygen atoms in total. The Morgan fingerprint density at radius 1 is 1.22 bits per heavy atom. The minimum atomic E-state index is 0. The van der Waals surface area contributed by atoms with Crippen molar-refractivity contribution in [2.45, 2.75) is 51.1 Å². The van der Waals surface area contributed by atoms with E-state index in [0.717, 1.165) is 34.7 Å². The van der Waals surface area contributed by atoms with Gasteiger partial charge in [0.1, 0.15) is 5.01 Å². The maximum absolute atomic E-state index is 12.9. The average Bonchev–Trinajstić information content (AvgIpc) is 3.02. The average molecular weight is 428 g/mol. The molecule has 27 heavy (non-hydrogen) atoms. The number of nitrogens with two attached hydrogens (primary N) is 1. The highest BCUT2D eigenvalue weighted by Gasteiger charge is 2.39. The summed E-state index contributed by atoms with van der Waals surface area (Å²) in [6.07, 6.45) is 5.73. The number of nitrogens with zero attached hydrogens (tertiary/aromatic N) is 1. The van der Waals surface area contributed by atoms with E-state index in [1.807, 2.05) is 36.6 Å². The van der Waals surface area contributed by atoms with Gasteiger partial charge in [-0.3, -0.25) is 4.79 Å². The van der Waals surface area contributed by atoms with Gasteiger partial charge >= 0.3 is 0 Å². The topological polar surface area (TPSA) is 68.0 Å². The van der Waals surface area contributed by atoms with Crippen LogP contribution in [-0.4, -0.2) is 23.0 Å². The van der Waals surface area contributed by atoms with Crippen molar-refractivity contribution in [3.63, 3.8) is 0 Å². The van der Waals surface area contributed by atoms with Crippen molar-refractivity contribution >= 4 is 42.1 Å². The predicted octanol–water partition coefficient (Wildman–Crippen LogP) is 4.60. The number of hydrogen-bond donors (Lipinski definition) is 2. The maximum atomic E-state index is 12.9. The van der Waals surface area contributed by atoms with Gasteiger partial charge in [0.2, 0.25) is 0 Å². The van der Waals surface area contributed by atoms with Crippen molar-refractivity contribution in [2.24, 2.45) is 17.6 Å². The third kappa shape index (κ3) is 4.83. The summed E-state index contributed by atoms with van der Waals surface area (Å²) >= 11 is 1.62. The normalized spacial score (nSPS) is 26.4. The highest BCUT2D eigenvalue weighted by atomic mass is 35.5. The Morgan fingerprint density at radius 2 is 1.93 bits per heavy atom. The zero-order valence-electron chi connectivity index (χ0n) is 15.4. The molecular weight excluding hydrogens is 401 g/mol. The first-order valence-corrected chi connectivity index (χ1v) is 10.1. The quantitative estimate of drug-likeness (QED) is 0.751. The van der Waals surface area contributed by atoms with E-state index in [9.17, 15) is 4.79 Å². The molecule has 2 saturated carbocycles. The Morgan fingerprint density at radius 3 is 2.56 bits per heavy atom. The summed E-state index contributed by atoms with van der Waals surface area (Å²) in [6, 6.07) is 8.40. The molecule has 0 radical (unpaired) electrons. The van der Waals surface area contributed by atoms with Crippen LogP contribution in [0.5, 0.6) is 0 Å². The molecule has 7 heteroatoms. The number of aryl methyl sites for hydroxylation is 1. The number of halogens is 2. The van der Waals surface area contributed by atoms with Crippen molar-refractivity contribution in [3.05, 3.63) is 40.9 Å². The summed E-state index contributed by atoms with van der Waals surface area (Å²) < 4.78 is 0. The first-order valence-electron chi connectivity index (χ1n) is 9.19. The van der Waals surface area contributed by atoms with E-state index in [4.69, 9.17) is 5.73 Å². The molecule has 0 aliphatic heterocycles. The van der Waals surface area contributed by atoms with Gasteiger partial charge in [0, 0.05) is 34.3 Å². The van der Waals surface area contributed by atoms with Gasteiger partial charge < -0.3 is 11.1 Å². The largest absolute Gasteiger partial charge is 0.349 e. The van der Waals surface area contributed by atoms with E-state index in [0.29, 0.717) is 17.9 Å². The van der Waals surface area contributed by atoms with Crippen LogP contribution in [0.2, 0.25) is 0 Å². The molecule has 2 aliphatic rings. The highest BCUT2D eigenvalue weighted by Crippen LogP contribution is 2.39. The lowest BCUT2D eigenvalue weighted by molar-refractivity contribution is 0.0756. The van der Waals surface area contributed by atoms with Gasteiger partial charge in [0.25, 0.3) is 5.91 Å². The molecule has 3 N–H and O–H groups in total. The number of thiazole rings is 1. The van der Waals surface area contributed by atoms with Crippen molar-refractivity contribution in [1.29, 1.82) is 0 Å². The summed E-state index contributed by atoms with van der Waals surface area (Å²) in [5.74, 6) is 1.11. The SMILES string of the molecule is Cc1csc(-c2cccc(C(=O)NC3C4CCCC3CC(N)C4)c2)n1.Cl.Cl. The second kappa shape index (κ2) is 9.37. The van der Waals surface area contributed by atoms with Crippen molar-refractivity contribution in [1.82, 2.24) is 10.3 Å². The van der Waals surface area contributed by atoms with E-state index in [1.165, 1.54) is 19.3 Å². The Kier molecular flexibility index (Phi) is 7.69. The monoisotopic (exact) mass is 427 g/mol. The summed E-state index contributed by atoms with van der Waals surface area (Å²) in [5.41, 5.74) is 8.94. The fraction of sp³-hybridized carbons (Fsp3) is 0.500. The smallest absolute Gasteiger partial charge is 0.251 e. The number of carbonyl (C=O) groups excluding carboxylic acids is 1. The minimum Gasteiger partial charge on any atom is -0.349 e. The fourth-order valence-electron chi connectivity index (χ4n) is 4.54. The standard InChI is InChI=1S/C20H25N3OS.2ClH/c1-12-11-25-20(22-12)16-7-3-6-15(8-16)19(24)23-18-13-4-2-5-14(18)10-17(21)9-13;;/h3,6-8,11,13-14,17-18H,2,4-5,9-10,21H2,1H3,(H,23,24);2*1H. The number of rotatable bonds is 3. The van der Waals surface area contributed by atoms with Crippen LogP contribution in [0.3, 0.4) is 0 Å². The molecule has 2 fully saturated rings. The van der Waals surface area contributed by atoms with Crippen LogP contribution in [0.4, 0.5) is 0 Å². The van der Waals surface area contributed by atoms with Crippen molar-refractivity contribution in [2.75, 3.05) is 0 Å². The fourth-order valence-corrected chi connectivity index (χ4v) is 5.33. The van der Waals surface area contributed by atoms with E-state index in [2.05, 4.69) is 10.3 Å². The first kappa shape index (κ1) is 22.2. The molecule has 1 heterocycles. The second-order valence-electron chi connectivity index (χ2n) is 7.56. The van der Waals surface area contributed by atoms with Gasteiger partial charge in [0.05, 0.1) is 0 Å². The third-order valence-electron chi connectivity index (χ3n) is 5.67. The van der Waals surface area contributed by atoms with Crippen LogP contribution in [-0.2, 0) is 0 Å². The van der Waals surface area contributed by atoms with Crippen LogP contribution < -0.4 is 11.1 Å². The predicted molar refractivity (Wildman–Crippen MR) is 116 cm³/mol. The summed E-state index contributed by atoms with van der Waals surface area (Å²) in [4.78, 5) is 17.4. The maximum Gasteiger partial charge on any atom is 0.251 e. The lowest BCUT2D eigenvalue weighted by Crippen LogP contribution is -2.53. The van der Waals surface area contributed by atoms with Crippen molar-refractivity contribution in [3.8, 4) is 10.6 Å². The van der Waals surface area contributed by atoms with E-state index >= 15 is 0 Å². The second-order valence-corrected chi connectivity index (χ2v) is 8.41. The number of nitrogens with one attached hydrogen (secondary N) is 1. The van der Waals surface area contributed by atoms with E-state index < -0.39 is 0 Å². The summed E-state index contributed by atoms with van der Waals surface area (Å²) in [7, 11) is 0. The molecule has 2 bridgehead atoms. The first-order chi connectivity index (χ1) is 12.1. The van der Waals surface area contributed by atoms with Crippen LogP contribution in [0.15, 0.2) is 29.6 Å². The van der Waals surface area contributed by atoms with Gasteiger partial charge in [0.15, 0.2) is 0 Å². The molecule has 1 aromatic carbocycles. The minimum absolute atomic E-state index is 0. The zero-order chi connectivity index (χ0) is 17.4. The summed E-state index contributed by atoms with van der Waals surface area (Å²) in [6.45, 7) is 1.99. The summed E-state index contributed by atoms with van der Waals surface area (Å²) in [5, 5.41) is 6.33. The van der Waals surface area contributed by atoms with Gasteiger partial charge in [-0.25, -0.2) is 4.98 Å². The van der Waals surface area contributed by atoms with E-state index in [-0.39, 0.29) is 36.8 Å².